The summed E-state index contributed by atoms with van der Waals surface area (Å²) in [5.41, 5.74) is 1.65. The normalized spacial score (nSPS) is 29.7. The van der Waals surface area contributed by atoms with E-state index in [4.69, 9.17) is 0 Å². The highest BCUT2D eigenvalue weighted by Gasteiger charge is 2.29. The van der Waals surface area contributed by atoms with E-state index >= 15 is 0 Å². The molecular formula is C24H33F. The lowest BCUT2D eigenvalue weighted by atomic mass is 9.69. The van der Waals surface area contributed by atoms with Crippen molar-refractivity contribution in [2.45, 2.75) is 78.1 Å². The third kappa shape index (κ3) is 5.10. The van der Waals surface area contributed by atoms with Gasteiger partial charge in [0.25, 0.3) is 0 Å². The van der Waals surface area contributed by atoms with Crippen LogP contribution in [0, 0.1) is 41.3 Å². The summed E-state index contributed by atoms with van der Waals surface area (Å²) in [5.74, 6) is 9.95. The van der Waals surface area contributed by atoms with Gasteiger partial charge in [0.15, 0.2) is 0 Å². The fourth-order valence-electron chi connectivity index (χ4n) is 4.77. The lowest BCUT2D eigenvalue weighted by molar-refractivity contribution is 0.162. The van der Waals surface area contributed by atoms with Gasteiger partial charge in [-0.2, -0.15) is 0 Å². The lowest BCUT2D eigenvalue weighted by Gasteiger charge is -2.36. The molecule has 136 valence electrons. The molecule has 2 fully saturated rings. The van der Waals surface area contributed by atoms with Gasteiger partial charge in [-0.05, 0) is 80.4 Å². The molecule has 2 aliphatic rings. The van der Waals surface area contributed by atoms with Crippen LogP contribution in [0.25, 0.3) is 0 Å². The summed E-state index contributed by atoms with van der Waals surface area (Å²) < 4.78 is 14.0. The first kappa shape index (κ1) is 18.5. The summed E-state index contributed by atoms with van der Waals surface area (Å²) in [6.45, 7) is 4.48. The molecule has 1 aromatic rings. The molecule has 0 N–H and O–H groups in total. The average Bonchev–Trinajstić information content (AvgIpc) is 2.63. The Hall–Kier alpha value is -1.29. The highest BCUT2D eigenvalue weighted by atomic mass is 19.1. The molecule has 0 saturated heterocycles. The Balaban J connectivity index is 1.51. The van der Waals surface area contributed by atoms with E-state index in [9.17, 15) is 4.39 Å². The Bertz CT molecular complexity index is 605. The largest absolute Gasteiger partial charge is 0.207 e. The van der Waals surface area contributed by atoms with Gasteiger partial charge in [0.1, 0.15) is 5.82 Å². The van der Waals surface area contributed by atoms with Gasteiger partial charge in [0.2, 0.25) is 0 Å². The first-order chi connectivity index (χ1) is 12.2. The minimum atomic E-state index is -0.0936. The number of benzene rings is 1. The van der Waals surface area contributed by atoms with Gasteiger partial charge in [0, 0.05) is 11.5 Å². The molecule has 25 heavy (non-hydrogen) atoms. The van der Waals surface area contributed by atoms with Crippen LogP contribution in [0.2, 0.25) is 0 Å². The topological polar surface area (TPSA) is 0 Å². The lowest BCUT2D eigenvalue weighted by Crippen LogP contribution is -2.24. The molecule has 1 aromatic carbocycles. The number of halogens is 1. The highest BCUT2D eigenvalue weighted by molar-refractivity contribution is 5.37. The van der Waals surface area contributed by atoms with E-state index in [-0.39, 0.29) is 5.82 Å². The molecule has 0 aromatic heterocycles. The smallest absolute Gasteiger partial charge is 0.127 e. The molecule has 0 atom stereocenters. The van der Waals surface area contributed by atoms with Crippen LogP contribution in [-0.2, 0) is 6.42 Å². The van der Waals surface area contributed by atoms with Crippen LogP contribution in [-0.4, -0.2) is 0 Å². The number of hydrogen-bond donors (Lipinski definition) is 0. The van der Waals surface area contributed by atoms with Crippen molar-refractivity contribution in [2.75, 3.05) is 0 Å². The van der Waals surface area contributed by atoms with Crippen LogP contribution < -0.4 is 0 Å². The van der Waals surface area contributed by atoms with Crippen molar-refractivity contribution in [1.82, 2.24) is 0 Å². The van der Waals surface area contributed by atoms with Crippen molar-refractivity contribution in [3.05, 3.63) is 35.1 Å². The third-order valence-electron chi connectivity index (χ3n) is 6.49. The summed E-state index contributed by atoms with van der Waals surface area (Å²) in [4.78, 5) is 0. The van der Waals surface area contributed by atoms with Crippen LogP contribution >= 0.6 is 0 Å². The second-order valence-corrected chi connectivity index (χ2v) is 8.46. The minimum Gasteiger partial charge on any atom is -0.207 e. The summed E-state index contributed by atoms with van der Waals surface area (Å²) in [5, 5.41) is 0. The summed E-state index contributed by atoms with van der Waals surface area (Å²) in [7, 11) is 0. The number of aryl methyl sites for hydroxylation is 1. The first-order valence-corrected chi connectivity index (χ1v) is 10.5. The molecule has 0 bridgehead atoms. The summed E-state index contributed by atoms with van der Waals surface area (Å²) in [6.07, 6.45) is 12.7. The predicted octanol–water partition coefficient (Wildman–Crippen LogP) is 6.76. The van der Waals surface area contributed by atoms with Gasteiger partial charge < -0.3 is 0 Å². The molecule has 3 rings (SSSR count). The van der Waals surface area contributed by atoms with Crippen LogP contribution in [0.1, 0.15) is 82.8 Å². The molecular weight excluding hydrogens is 307 g/mol. The van der Waals surface area contributed by atoms with Crippen molar-refractivity contribution < 1.29 is 4.39 Å². The van der Waals surface area contributed by atoms with E-state index in [0.717, 1.165) is 41.7 Å². The SMILES string of the molecule is CCCc1ccc(C#CC2CCC(C3CCC(C)CC3)CC2)cc1F. The minimum absolute atomic E-state index is 0.0936. The molecule has 0 spiro atoms. The molecule has 2 aliphatic carbocycles. The van der Waals surface area contributed by atoms with Gasteiger partial charge >= 0.3 is 0 Å². The molecule has 0 amide bonds. The summed E-state index contributed by atoms with van der Waals surface area (Å²) in [6, 6.07) is 5.51. The Morgan fingerprint density at radius 3 is 2.20 bits per heavy atom. The van der Waals surface area contributed by atoms with E-state index in [1.165, 1.54) is 51.4 Å². The second-order valence-electron chi connectivity index (χ2n) is 8.46. The van der Waals surface area contributed by atoms with Gasteiger partial charge in [0.05, 0.1) is 0 Å². The van der Waals surface area contributed by atoms with Gasteiger partial charge in [-0.1, -0.05) is 51.0 Å². The van der Waals surface area contributed by atoms with Crippen LogP contribution in [0.3, 0.4) is 0 Å². The van der Waals surface area contributed by atoms with Crippen molar-refractivity contribution in [3.63, 3.8) is 0 Å². The van der Waals surface area contributed by atoms with Crippen LogP contribution in [0.5, 0.6) is 0 Å². The maximum Gasteiger partial charge on any atom is 0.127 e. The van der Waals surface area contributed by atoms with E-state index in [1.807, 2.05) is 12.1 Å². The summed E-state index contributed by atoms with van der Waals surface area (Å²) >= 11 is 0. The monoisotopic (exact) mass is 340 g/mol. The van der Waals surface area contributed by atoms with E-state index in [1.54, 1.807) is 6.07 Å². The second kappa shape index (κ2) is 8.88. The molecule has 0 unspecified atom stereocenters. The maximum atomic E-state index is 14.0. The van der Waals surface area contributed by atoms with Gasteiger partial charge in [-0.3, -0.25) is 0 Å². The number of hydrogen-bond acceptors (Lipinski definition) is 0. The predicted molar refractivity (Wildman–Crippen MR) is 104 cm³/mol. The van der Waals surface area contributed by atoms with E-state index in [0.29, 0.717) is 5.92 Å². The Labute approximate surface area is 153 Å². The van der Waals surface area contributed by atoms with Crippen LogP contribution in [0.4, 0.5) is 4.39 Å². The fourth-order valence-corrected chi connectivity index (χ4v) is 4.77. The zero-order valence-electron chi connectivity index (χ0n) is 16.0. The van der Waals surface area contributed by atoms with Crippen molar-refractivity contribution in [2.24, 2.45) is 23.7 Å². The molecule has 0 aliphatic heterocycles. The third-order valence-corrected chi connectivity index (χ3v) is 6.49. The van der Waals surface area contributed by atoms with E-state index < -0.39 is 0 Å². The average molecular weight is 341 g/mol. The quantitative estimate of drug-likeness (QED) is 0.533. The molecule has 0 nitrogen and oxygen atoms in total. The zero-order valence-corrected chi connectivity index (χ0v) is 16.0. The number of rotatable bonds is 3. The Morgan fingerprint density at radius 1 is 0.960 bits per heavy atom. The standard InChI is InChI=1S/C24H33F/c1-3-4-23-16-11-20(17-24(23)25)8-7-19-9-14-22(15-10-19)21-12-5-18(2)6-13-21/h11,16-19,21-22H,3-6,9-10,12-15H2,1-2H3. The maximum absolute atomic E-state index is 14.0. The first-order valence-electron chi connectivity index (χ1n) is 10.5. The Morgan fingerprint density at radius 2 is 1.60 bits per heavy atom. The fraction of sp³-hybridized carbons (Fsp3) is 0.667. The van der Waals surface area contributed by atoms with Crippen molar-refractivity contribution in [1.29, 1.82) is 0 Å². The Kier molecular flexibility index (Phi) is 6.57. The molecule has 1 heteroatoms. The highest BCUT2D eigenvalue weighted by Crippen LogP contribution is 2.41. The zero-order chi connectivity index (χ0) is 17.6. The molecule has 0 radical (unpaired) electrons. The molecule has 0 heterocycles. The van der Waals surface area contributed by atoms with Crippen molar-refractivity contribution in [3.8, 4) is 11.8 Å². The van der Waals surface area contributed by atoms with Crippen molar-refractivity contribution >= 4 is 0 Å². The van der Waals surface area contributed by atoms with E-state index in [2.05, 4.69) is 25.7 Å². The molecule has 2 saturated carbocycles. The van der Waals surface area contributed by atoms with Crippen LogP contribution in [0.15, 0.2) is 18.2 Å². The van der Waals surface area contributed by atoms with Gasteiger partial charge in [-0.15, -0.1) is 0 Å². The van der Waals surface area contributed by atoms with Gasteiger partial charge in [-0.25, -0.2) is 4.39 Å².